The van der Waals surface area contributed by atoms with Gasteiger partial charge in [0.25, 0.3) is 0 Å². The van der Waals surface area contributed by atoms with Crippen molar-refractivity contribution in [2.24, 2.45) is 0 Å². The number of hydrogen-bond donors (Lipinski definition) is 1. The van der Waals surface area contributed by atoms with E-state index in [-0.39, 0.29) is 16.8 Å². The molecule has 2 aromatic heterocycles. The molecule has 24 heavy (non-hydrogen) atoms. The van der Waals surface area contributed by atoms with Crippen LogP contribution >= 0.6 is 0 Å². The third-order valence-electron chi connectivity index (χ3n) is 3.68. The molecule has 1 N–H and O–H groups in total. The molecule has 0 aliphatic heterocycles. The highest BCUT2D eigenvalue weighted by molar-refractivity contribution is 5.94. The molecule has 3 rings (SSSR count). The van der Waals surface area contributed by atoms with Gasteiger partial charge in [0.15, 0.2) is 5.43 Å². The van der Waals surface area contributed by atoms with Crippen molar-refractivity contribution in [3.8, 4) is 11.3 Å². The zero-order chi connectivity index (χ0) is 17.6. The molecule has 0 saturated heterocycles. The van der Waals surface area contributed by atoms with E-state index in [4.69, 9.17) is 0 Å². The number of aryl methyl sites for hydroxylation is 2. The fourth-order valence-corrected chi connectivity index (χ4v) is 2.60. The number of nitrogens with one attached hydrogen (secondary N) is 1. The predicted octanol–water partition coefficient (Wildman–Crippen LogP) is 4.36. The van der Waals surface area contributed by atoms with Crippen LogP contribution in [0.15, 0.2) is 35.1 Å². The number of aromatic nitrogens is 2. The number of aromatic amines is 1. The topological polar surface area (TPSA) is 45.8 Å². The molecule has 0 unspecified atom stereocenters. The number of halogens is 4. The first-order valence-corrected chi connectivity index (χ1v) is 7.06. The molecule has 0 saturated carbocycles. The molecule has 1 aromatic carbocycles. The van der Waals surface area contributed by atoms with Gasteiger partial charge in [0.2, 0.25) is 5.95 Å². The van der Waals surface area contributed by atoms with Crippen molar-refractivity contribution < 1.29 is 17.6 Å². The fourth-order valence-electron chi connectivity index (χ4n) is 2.60. The monoisotopic (exact) mass is 336 g/mol. The van der Waals surface area contributed by atoms with Gasteiger partial charge in [-0.3, -0.25) is 4.79 Å². The Labute approximate surface area is 134 Å². The Morgan fingerprint density at radius 3 is 2.29 bits per heavy atom. The van der Waals surface area contributed by atoms with Gasteiger partial charge in [-0.25, -0.2) is 4.98 Å². The smallest absolute Gasteiger partial charge is 0.358 e. The van der Waals surface area contributed by atoms with Crippen molar-refractivity contribution in [3.05, 3.63) is 63.3 Å². The minimum absolute atomic E-state index is 0.114. The molecule has 0 aliphatic carbocycles. The third-order valence-corrected chi connectivity index (χ3v) is 3.68. The van der Waals surface area contributed by atoms with Gasteiger partial charge in [-0.1, -0.05) is 29.8 Å². The van der Waals surface area contributed by atoms with Gasteiger partial charge in [0.1, 0.15) is 5.56 Å². The number of hydrogen-bond acceptors (Lipinski definition) is 2. The first-order valence-electron chi connectivity index (χ1n) is 7.06. The van der Waals surface area contributed by atoms with E-state index >= 15 is 0 Å². The quantitative estimate of drug-likeness (QED) is 0.530. The predicted molar refractivity (Wildman–Crippen MR) is 82.2 cm³/mol. The molecule has 0 atom stereocenters. The fraction of sp³-hybridized carbons (Fsp3) is 0.176. The maximum atomic E-state index is 14.2. The lowest BCUT2D eigenvalue weighted by atomic mass is 10.0. The molecule has 0 fully saturated rings. The van der Waals surface area contributed by atoms with Crippen molar-refractivity contribution in [2.75, 3.05) is 0 Å². The van der Waals surface area contributed by atoms with E-state index in [0.717, 1.165) is 5.56 Å². The van der Waals surface area contributed by atoms with E-state index in [1.54, 1.807) is 24.3 Å². The number of fused-ring (bicyclic) bond motifs is 1. The van der Waals surface area contributed by atoms with Crippen LogP contribution in [-0.2, 0) is 6.18 Å². The summed E-state index contributed by atoms with van der Waals surface area (Å²) in [6.45, 7) is 3.27. The molecule has 0 aliphatic rings. The van der Waals surface area contributed by atoms with E-state index in [0.29, 0.717) is 5.56 Å². The number of nitrogens with zero attached hydrogens (tertiary/aromatic N) is 1. The molecule has 0 spiro atoms. The molecule has 3 nitrogen and oxygen atoms in total. The molecule has 124 valence electrons. The number of alkyl halides is 3. The Bertz CT molecular complexity index is 989. The molecule has 2 heterocycles. The maximum absolute atomic E-state index is 14.2. The van der Waals surface area contributed by atoms with Gasteiger partial charge in [-0.2, -0.15) is 17.6 Å². The van der Waals surface area contributed by atoms with Crippen LogP contribution in [0.3, 0.4) is 0 Å². The lowest BCUT2D eigenvalue weighted by Crippen LogP contribution is -2.16. The Morgan fingerprint density at radius 2 is 1.71 bits per heavy atom. The third kappa shape index (κ3) is 2.66. The SMILES string of the molecule is Cc1ccc(-c2nc(F)c(C(F)(F)F)c3[nH]c(C)cc(=O)c23)cc1. The second-order valence-electron chi connectivity index (χ2n) is 5.56. The largest absolute Gasteiger partial charge is 0.422 e. The van der Waals surface area contributed by atoms with E-state index in [1.165, 1.54) is 13.0 Å². The van der Waals surface area contributed by atoms with Crippen molar-refractivity contribution in [2.45, 2.75) is 20.0 Å². The van der Waals surface area contributed by atoms with Crippen LogP contribution in [0.2, 0.25) is 0 Å². The Balaban J connectivity index is 2.49. The van der Waals surface area contributed by atoms with Crippen LogP contribution in [0.4, 0.5) is 17.6 Å². The standard InChI is InChI=1S/C17H12F4N2O/c1-8-3-5-10(6-4-8)14-12-11(24)7-9(2)22-15(12)13(16(18)23-14)17(19,20)21/h3-7H,1-2H3,(H,22,24). The summed E-state index contributed by atoms with van der Waals surface area (Å²) in [5.74, 6) is -1.66. The van der Waals surface area contributed by atoms with Crippen molar-refractivity contribution in [1.29, 1.82) is 0 Å². The second-order valence-corrected chi connectivity index (χ2v) is 5.56. The average molecular weight is 336 g/mol. The van der Waals surface area contributed by atoms with Crippen LogP contribution in [0, 0.1) is 19.8 Å². The normalized spacial score (nSPS) is 11.9. The summed E-state index contributed by atoms with van der Waals surface area (Å²) in [6.07, 6.45) is -4.97. The highest BCUT2D eigenvalue weighted by Gasteiger charge is 2.39. The Morgan fingerprint density at radius 1 is 1.08 bits per heavy atom. The summed E-state index contributed by atoms with van der Waals surface area (Å²) in [6, 6.07) is 7.76. The first-order chi connectivity index (χ1) is 11.2. The highest BCUT2D eigenvalue weighted by Crippen LogP contribution is 2.37. The Hall–Kier alpha value is -2.70. The highest BCUT2D eigenvalue weighted by atomic mass is 19.4. The summed E-state index contributed by atoms with van der Waals surface area (Å²) >= 11 is 0. The number of rotatable bonds is 1. The van der Waals surface area contributed by atoms with Crippen molar-refractivity contribution in [3.63, 3.8) is 0 Å². The molecule has 0 amide bonds. The van der Waals surface area contributed by atoms with Crippen LogP contribution in [-0.4, -0.2) is 9.97 Å². The van der Waals surface area contributed by atoms with Crippen LogP contribution in [0.25, 0.3) is 22.2 Å². The maximum Gasteiger partial charge on any atom is 0.422 e. The lowest BCUT2D eigenvalue weighted by molar-refractivity contribution is -0.139. The number of benzene rings is 1. The minimum Gasteiger partial charge on any atom is -0.358 e. The van der Waals surface area contributed by atoms with Crippen LogP contribution < -0.4 is 5.43 Å². The molecule has 0 bridgehead atoms. The Kier molecular flexibility index (Phi) is 3.66. The summed E-state index contributed by atoms with van der Waals surface area (Å²) in [4.78, 5) is 18.2. The van der Waals surface area contributed by atoms with Gasteiger partial charge in [-0.15, -0.1) is 0 Å². The van der Waals surface area contributed by atoms with Gasteiger partial charge in [0, 0.05) is 17.3 Å². The van der Waals surface area contributed by atoms with E-state index < -0.39 is 28.6 Å². The summed E-state index contributed by atoms with van der Waals surface area (Å²) in [5, 5.41) is -0.279. The number of pyridine rings is 2. The van der Waals surface area contributed by atoms with Gasteiger partial charge in [-0.05, 0) is 13.8 Å². The molecule has 0 radical (unpaired) electrons. The lowest BCUT2D eigenvalue weighted by Gasteiger charge is -2.14. The zero-order valence-electron chi connectivity index (χ0n) is 12.8. The van der Waals surface area contributed by atoms with E-state index in [1.807, 2.05) is 6.92 Å². The molecular formula is C17H12F4N2O. The first kappa shape index (κ1) is 16.2. The summed E-state index contributed by atoms with van der Waals surface area (Å²) < 4.78 is 53.8. The zero-order valence-corrected chi connectivity index (χ0v) is 12.8. The van der Waals surface area contributed by atoms with E-state index in [2.05, 4.69) is 9.97 Å². The second kappa shape index (κ2) is 5.43. The van der Waals surface area contributed by atoms with Crippen LogP contribution in [0.5, 0.6) is 0 Å². The summed E-state index contributed by atoms with van der Waals surface area (Å²) in [5.41, 5.74) is -1.41. The molecule has 3 aromatic rings. The minimum atomic E-state index is -4.97. The van der Waals surface area contributed by atoms with Gasteiger partial charge in [0.05, 0.1) is 16.6 Å². The van der Waals surface area contributed by atoms with Crippen molar-refractivity contribution in [1.82, 2.24) is 9.97 Å². The average Bonchev–Trinajstić information content (AvgIpc) is 2.44. The number of H-pyrrole nitrogens is 1. The van der Waals surface area contributed by atoms with Crippen LogP contribution in [0.1, 0.15) is 16.8 Å². The summed E-state index contributed by atoms with van der Waals surface area (Å²) in [7, 11) is 0. The van der Waals surface area contributed by atoms with Gasteiger partial charge < -0.3 is 4.98 Å². The molecule has 7 heteroatoms. The van der Waals surface area contributed by atoms with Gasteiger partial charge >= 0.3 is 6.18 Å². The van der Waals surface area contributed by atoms with E-state index in [9.17, 15) is 22.4 Å². The molecular weight excluding hydrogens is 324 g/mol. The van der Waals surface area contributed by atoms with Crippen molar-refractivity contribution >= 4 is 10.9 Å².